The fraction of sp³-hybridized carbons (Fsp3) is 0.333. The number of para-hydroxylation sites is 1. The Morgan fingerprint density at radius 1 is 1.21 bits per heavy atom. The fourth-order valence-corrected chi connectivity index (χ4v) is 3.83. The predicted molar refractivity (Wildman–Crippen MR) is 110 cm³/mol. The van der Waals surface area contributed by atoms with Crippen LogP contribution in [-0.2, 0) is 22.6 Å². The number of carbonyl (C=O) groups excluding carboxylic acids is 2. The van der Waals surface area contributed by atoms with Gasteiger partial charge < -0.3 is 15.0 Å². The number of nitrogens with zero attached hydrogens (tertiary/aromatic N) is 1. The van der Waals surface area contributed by atoms with Gasteiger partial charge in [0.15, 0.2) is 0 Å². The van der Waals surface area contributed by atoms with Crippen LogP contribution in [0.15, 0.2) is 42.5 Å². The Kier molecular flexibility index (Phi) is 6.81. The van der Waals surface area contributed by atoms with Crippen LogP contribution in [0.5, 0.6) is 5.75 Å². The molecule has 1 N–H and O–H groups in total. The van der Waals surface area contributed by atoms with Crippen molar-refractivity contribution in [1.29, 1.82) is 0 Å². The Morgan fingerprint density at radius 2 is 2.00 bits per heavy atom. The number of hydrogen-bond acceptors (Lipinski definition) is 3. The maximum Gasteiger partial charge on any atom is 0.225 e. The van der Waals surface area contributed by atoms with Gasteiger partial charge in [-0.2, -0.15) is 0 Å². The molecule has 1 aliphatic rings. The van der Waals surface area contributed by atoms with Gasteiger partial charge in [0.05, 0.1) is 13.0 Å². The summed E-state index contributed by atoms with van der Waals surface area (Å²) in [4.78, 5) is 26.5. The highest BCUT2D eigenvalue weighted by Crippen LogP contribution is 2.25. The predicted octanol–water partition coefficient (Wildman–Crippen LogP) is 3.71. The first-order valence-electron chi connectivity index (χ1n) is 9.09. The van der Waals surface area contributed by atoms with Crippen molar-refractivity contribution in [1.82, 2.24) is 10.2 Å². The number of carbonyl (C=O) groups is 2. The second kappa shape index (κ2) is 9.30. The van der Waals surface area contributed by atoms with E-state index in [1.54, 1.807) is 24.1 Å². The summed E-state index contributed by atoms with van der Waals surface area (Å²) in [5.74, 6) is 0.263. The standard InChI is InChI=1S/C21H22Cl2N2O3/c1-28-19-5-3-2-4-15(19)12-25-13-16(10-20(25)26)21(27)24-9-8-14-6-7-17(22)11-18(14)23/h2-7,11,16H,8-10,12-13H2,1H3,(H,24,27)/t16-/m1/s1. The first kappa shape index (κ1) is 20.5. The smallest absolute Gasteiger partial charge is 0.225 e. The lowest BCUT2D eigenvalue weighted by molar-refractivity contribution is -0.129. The first-order chi connectivity index (χ1) is 13.5. The minimum atomic E-state index is -0.345. The SMILES string of the molecule is COc1ccccc1CN1C[C@H](C(=O)NCCc2ccc(Cl)cc2Cl)CC1=O. The number of hydrogen-bond donors (Lipinski definition) is 1. The van der Waals surface area contributed by atoms with Crippen molar-refractivity contribution in [3.8, 4) is 5.75 Å². The van der Waals surface area contributed by atoms with Crippen molar-refractivity contribution >= 4 is 35.0 Å². The van der Waals surface area contributed by atoms with Crippen LogP contribution >= 0.6 is 23.2 Å². The third-order valence-electron chi connectivity index (χ3n) is 4.85. The molecule has 1 saturated heterocycles. The molecule has 5 nitrogen and oxygen atoms in total. The molecule has 0 spiro atoms. The molecular formula is C21H22Cl2N2O3. The molecule has 1 heterocycles. The quantitative estimate of drug-likeness (QED) is 0.742. The second-order valence-corrected chi connectivity index (χ2v) is 7.61. The fourth-order valence-electron chi connectivity index (χ4n) is 3.33. The van der Waals surface area contributed by atoms with Gasteiger partial charge >= 0.3 is 0 Å². The van der Waals surface area contributed by atoms with E-state index in [9.17, 15) is 9.59 Å². The van der Waals surface area contributed by atoms with E-state index < -0.39 is 0 Å². The minimum absolute atomic E-state index is 0.0215. The van der Waals surface area contributed by atoms with E-state index in [2.05, 4.69) is 5.32 Å². The Hall–Kier alpha value is -2.24. The molecule has 148 valence electrons. The van der Waals surface area contributed by atoms with Crippen LogP contribution in [0.1, 0.15) is 17.5 Å². The maximum atomic E-state index is 12.5. The first-order valence-corrected chi connectivity index (χ1v) is 9.85. The van der Waals surface area contributed by atoms with E-state index in [1.807, 2.05) is 30.3 Å². The lowest BCUT2D eigenvalue weighted by Crippen LogP contribution is -2.34. The van der Waals surface area contributed by atoms with Gasteiger partial charge in [0.2, 0.25) is 11.8 Å². The zero-order chi connectivity index (χ0) is 20.1. The number of likely N-dealkylation sites (tertiary alicyclic amines) is 1. The third-order valence-corrected chi connectivity index (χ3v) is 5.43. The largest absolute Gasteiger partial charge is 0.496 e. The molecule has 0 unspecified atom stereocenters. The summed E-state index contributed by atoms with van der Waals surface area (Å²) in [6.45, 7) is 1.30. The highest BCUT2D eigenvalue weighted by molar-refractivity contribution is 6.35. The number of halogens is 2. The van der Waals surface area contributed by atoms with E-state index in [-0.39, 0.29) is 24.2 Å². The van der Waals surface area contributed by atoms with E-state index in [0.29, 0.717) is 36.1 Å². The Balaban J connectivity index is 1.52. The number of rotatable bonds is 7. The van der Waals surface area contributed by atoms with Crippen LogP contribution < -0.4 is 10.1 Å². The molecule has 7 heteroatoms. The van der Waals surface area contributed by atoms with Gasteiger partial charge in [-0.1, -0.05) is 47.5 Å². The highest BCUT2D eigenvalue weighted by Gasteiger charge is 2.34. The lowest BCUT2D eigenvalue weighted by atomic mass is 10.1. The van der Waals surface area contributed by atoms with Gasteiger partial charge in [-0.25, -0.2) is 0 Å². The van der Waals surface area contributed by atoms with Crippen LogP contribution in [-0.4, -0.2) is 36.9 Å². The summed E-state index contributed by atoms with van der Waals surface area (Å²) in [5.41, 5.74) is 1.85. The van der Waals surface area contributed by atoms with Gasteiger partial charge in [-0.05, 0) is 30.2 Å². The lowest BCUT2D eigenvalue weighted by Gasteiger charge is -2.18. The van der Waals surface area contributed by atoms with Gasteiger partial charge in [-0.15, -0.1) is 0 Å². The van der Waals surface area contributed by atoms with Crippen LogP contribution in [0.4, 0.5) is 0 Å². The summed E-state index contributed by atoms with van der Waals surface area (Å²) in [5, 5.41) is 4.07. The Labute approximate surface area is 174 Å². The van der Waals surface area contributed by atoms with Crippen LogP contribution in [0.3, 0.4) is 0 Å². The molecule has 0 aliphatic carbocycles. The molecule has 0 aromatic heterocycles. The van der Waals surface area contributed by atoms with E-state index in [0.717, 1.165) is 16.9 Å². The van der Waals surface area contributed by atoms with Crippen molar-refractivity contribution in [3.63, 3.8) is 0 Å². The van der Waals surface area contributed by atoms with Gasteiger partial charge in [0.25, 0.3) is 0 Å². The number of benzene rings is 2. The molecule has 1 fully saturated rings. The third kappa shape index (κ3) is 4.97. The molecule has 0 radical (unpaired) electrons. The molecule has 0 saturated carbocycles. The average molecular weight is 421 g/mol. The molecule has 1 aliphatic heterocycles. The molecule has 1 atom stereocenters. The highest BCUT2D eigenvalue weighted by atomic mass is 35.5. The molecule has 0 bridgehead atoms. The van der Waals surface area contributed by atoms with E-state index >= 15 is 0 Å². The van der Waals surface area contributed by atoms with Gasteiger partial charge in [0, 0.05) is 41.7 Å². The molecule has 3 rings (SSSR count). The summed E-state index contributed by atoms with van der Waals surface area (Å²) < 4.78 is 5.34. The number of methoxy groups -OCH3 is 1. The molecule has 2 aromatic carbocycles. The van der Waals surface area contributed by atoms with Crippen molar-refractivity contribution in [2.45, 2.75) is 19.4 Å². The molecule has 2 amide bonds. The number of ether oxygens (including phenoxy) is 1. The molecule has 2 aromatic rings. The van der Waals surface area contributed by atoms with Gasteiger partial charge in [0.1, 0.15) is 5.75 Å². The summed E-state index contributed by atoms with van der Waals surface area (Å²) in [6.07, 6.45) is 0.829. The second-order valence-electron chi connectivity index (χ2n) is 6.76. The topological polar surface area (TPSA) is 58.6 Å². The van der Waals surface area contributed by atoms with Crippen LogP contribution in [0.25, 0.3) is 0 Å². The average Bonchev–Trinajstić information content (AvgIpc) is 3.04. The van der Waals surface area contributed by atoms with Crippen molar-refractivity contribution in [3.05, 3.63) is 63.6 Å². The number of amides is 2. The minimum Gasteiger partial charge on any atom is -0.496 e. The number of nitrogens with one attached hydrogen (secondary N) is 1. The Morgan fingerprint density at radius 3 is 2.75 bits per heavy atom. The van der Waals surface area contributed by atoms with Crippen molar-refractivity contribution < 1.29 is 14.3 Å². The summed E-state index contributed by atoms with van der Waals surface area (Å²) >= 11 is 12.0. The summed E-state index contributed by atoms with van der Waals surface area (Å²) in [6, 6.07) is 12.9. The summed E-state index contributed by atoms with van der Waals surface area (Å²) in [7, 11) is 1.60. The molecule has 28 heavy (non-hydrogen) atoms. The zero-order valence-corrected chi connectivity index (χ0v) is 17.1. The van der Waals surface area contributed by atoms with E-state index in [1.165, 1.54) is 0 Å². The van der Waals surface area contributed by atoms with Crippen molar-refractivity contribution in [2.24, 2.45) is 5.92 Å². The normalized spacial score (nSPS) is 16.3. The van der Waals surface area contributed by atoms with Crippen molar-refractivity contribution in [2.75, 3.05) is 20.2 Å². The molecular weight excluding hydrogens is 399 g/mol. The maximum absolute atomic E-state index is 12.5. The Bertz CT molecular complexity index is 872. The van der Waals surface area contributed by atoms with E-state index in [4.69, 9.17) is 27.9 Å². The van der Waals surface area contributed by atoms with Gasteiger partial charge in [-0.3, -0.25) is 9.59 Å². The zero-order valence-electron chi connectivity index (χ0n) is 15.6. The monoisotopic (exact) mass is 420 g/mol. The van der Waals surface area contributed by atoms with Crippen LogP contribution in [0.2, 0.25) is 10.0 Å². The van der Waals surface area contributed by atoms with Crippen LogP contribution in [0, 0.1) is 5.92 Å².